The number of hydrogen-bond acceptors (Lipinski definition) is 12. The molecular weight excluding hydrogens is 897 g/mol. The minimum atomic E-state index is -1.93. The molecule has 7 aromatic rings. The number of esters is 1. The highest BCUT2D eigenvalue weighted by Crippen LogP contribution is 2.42. The maximum absolute atomic E-state index is 13.7. The number of aryl methyl sites for hydroxylation is 2. The number of phenolic OH excluding ortho intramolecular Hbond substituents is 2. The number of phenols is 2. The van der Waals surface area contributed by atoms with Gasteiger partial charge in [0, 0.05) is 66.4 Å². The Labute approximate surface area is 401 Å². The number of cyclic esters (lactones) is 1. The van der Waals surface area contributed by atoms with Crippen molar-refractivity contribution in [2.75, 3.05) is 26.7 Å². The van der Waals surface area contributed by atoms with Crippen molar-refractivity contribution in [3.05, 3.63) is 116 Å². The van der Waals surface area contributed by atoms with Crippen molar-refractivity contribution < 1.29 is 39.2 Å². The summed E-state index contributed by atoms with van der Waals surface area (Å²) < 4.78 is 16.2. The number of rotatable bonds is 11. The van der Waals surface area contributed by atoms with E-state index in [4.69, 9.17) is 14.5 Å². The van der Waals surface area contributed by atoms with Crippen LogP contribution in [-0.4, -0.2) is 98.7 Å². The molecule has 3 aliphatic heterocycles. The molecule has 0 saturated carbocycles. The highest BCUT2D eigenvalue weighted by molar-refractivity contribution is 5.91. The van der Waals surface area contributed by atoms with Crippen LogP contribution in [0.1, 0.15) is 87.1 Å². The van der Waals surface area contributed by atoms with Crippen LogP contribution in [0.25, 0.3) is 50.3 Å². The van der Waals surface area contributed by atoms with E-state index >= 15 is 0 Å². The number of nitrogens with one attached hydrogen (secondary N) is 1. The van der Waals surface area contributed by atoms with Crippen LogP contribution in [0.2, 0.25) is 0 Å². The first kappa shape index (κ1) is 46.0. The number of likely N-dealkylation sites (N-methyl/N-ethyl adjacent to an activating group) is 1. The van der Waals surface area contributed by atoms with Gasteiger partial charge in [-0.3, -0.25) is 9.59 Å². The number of aliphatic hydroxyl groups is 1. The van der Waals surface area contributed by atoms with E-state index in [1.807, 2.05) is 51.2 Å². The molecule has 0 aliphatic carbocycles. The van der Waals surface area contributed by atoms with Crippen LogP contribution in [-0.2, 0) is 46.0 Å². The van der Waals surface area contributed by atoms with Gasteiger partial charge in [0.25, 0.3) is 5.56 Å². The molecule has 18 heteroatoms. The quantitative estimate of drug-likeness (QED) is 0.103. The highest BCUT2D eigenvalue weighted by Gasteiger charge is 2.45. The largest absolute Gasteiger partial charge is 0.508 e. The molecule has 1 atom stereocenters. The summed E-state index contributed by atoms with van der Waals surface area (Å²) in [6, 6.07) is 17.5. The molecule has 18 nitrogen and oxygen atoms in total. The lowest BCUT2D eigenvalue weighted by atomic mass is 9.86. The van der Waals surface area contributed by atoms with E-state index in [1.165, 1.54) is 22.6 Å². The Bertz CT molecular complexity index is 3410. The Kier molecular flexibility index (Phi) is 11.6. The third-order valence-corrected chi connectivity index (χ3v) is 14.5. The van der Waals surface area contributed by atoms with Gasteiger partial charge >= 0.3 is 17.8 Å². The summed E-state index contributed by atoms with van der Waals surface area (Å²) in [6.45, 7) is 9.31. The summed E-state index contributed by atoms with van der Waals surface area (Å²) in [4.78, 5) is 74.2. The molecule has 0 bridgehead atoms. The van der Waals surface area contributed by atoms with Gasteiger partial charge in [-0.1, -0.05) is 27.7 Å². The summed E-state index contributed by atoms with van der Waals surface area (Å²) in [5.74, 6) is -0.283. The van der Waals surface area contributed by atoms with Gasteiger partial charge in [-0.2, -0.15) is 5.10 Å². The van der Waals surface area contributed by atoms with E-state index in [0.717, 1.165) is 53.2 Å². The van der Waals surface area contributed by atoms with Gasteiger partial charge in [0.1, 0.15) is 30.4 Å². The Morgan fingerprint density at radius 1 is 0.986 bits per heavy atom. The van der Waals surface area contributed by atoms with Crippen molar-refractivity contribution in [1.82, 2.24) is 38.7 Å². The van der Waals surface area contributed by atoms with E-state index in [-0.39, 0.29) is 77.7 Å². The monoisotopic (exact) mass is 950 g/mol. The van der Waals surface area contributed by atoms with E-state index in [9.17, 15) is 39.3 Å². The number of nitrogens with zero attached hydrogens (tertiary/aromatic N) is 7. The lowest BCUT2D eigenvalue weighted by Crippen LogP contribution is -2.45. The van der Waals surface area contributed by atoms with Crippen LogP contribution in [0.15, 0.2) is 76.4 Å². The molecule has 4 aromatic heterocycles. The van der Waals surface area contributed by atoms with Crippen molar-refractivity contribution in [3.63, 3.8) is 0 Å². The number of benzene rings is 3. The smallest absolute Gasteiger partial charge is 0.415 e. The number of fused-ring (bicyclic) bond motifs is 6. The molecule has 1 fully saturated rings. The third-order valence-electron chi connectivity index (χ3n) is 14.5. The van der Waals surface area contributed by atoms with Crippen LogP contribution >= 0.6 is 0 Å². The number of likely N-dealkylation sites (tertiary alicyclic amines) is 1. The fourth-order valence-electron chi connectivity index (χ4n) is 10.4. The molecule has 1 saturated heterocycles. The second-order valence-corrected chi connectivity index (χ2v) is 18.9. The second kappa shape index (κ2) is 17.7. The molecule has 10 rings (SSSR count). The number of pyridine rings is 2. The minimum Gasteiger partial charge on any atom is -0.508 e. The van der Waals surface area contributed by atoms with Crippen LogP contribution in [0.4, 0.5) is 4.79 Å². The molecule has 4 N–H and O–H groups in total. The molecule has 0 radical (unpaired) electrons. The summed E-state index contributed by atoms with van der Waals surface area (Å²) >= 11 is 0. The molecule has 362 valence electrons. The number of H-pyrrole nitrogens is 1. The van der Waals surface area contributed by atoms with Crippen molar-refractivity contribution in [3.8, 4) is 45.7 Å². The number of aromatic hydroxyl groups is 2. The van der Waals surface area contributed by atoms with E-state index in [0.29, 0.717) is 59.1 Å². The number of amides is 2. The second-order valence-electron chi connectivity index (χ2n) is 18.9. The van der Waals surface area contributed by atoms with Gasteiger partial charge in [0.15, 0.2) is 11.4 Å². The average molecular weight is 951 g/mol. The van der Waals surface area contributed by atoms with Gasteiger partial charge in [-0.05, 0) is 110 Å². The van der Waals surface area contributed by atoms with E-state index in [2.05, 4.69) is 14.8 Å². The Morgan fingerprint density at radius 2 is 1.77 bits per heavy atom. The first-order chi connectivity index (χ1) is 33.6. The van der Waals surface area contributed by atoms with Gasteiger partial charge in [0.2, 0.25) is 5.91 Å². The van der Waals surface area contributed by atoms with Crippen molar-refractivity contribution >= 4 is 39.8 Å². The molecule has 3 aliphatic rings. The Hall–Kier alpha value is -7.73. The van der Waals surface area contributed by atoms with Crippen LogP contribution in [0, 0.1) is 5.92 Å². The van der Waals surface area contributed by atoms with Gasteiger partial charge < -0.3 is 43.7 Å². The molecule has 1 unspecified atom stereocenters. The van der Waals surface area contributed by atoms with Crippen molar-refractivity contribution in [2.45, 2.75) is 91.0 Å². The standard InChI is InChI=1S/C52H54N8O10/c1-6-33-35-21-32(9-10-40(35)53-46-37(33)25-59-42(46)23-39-38(48(59)64)27-69-49(65)52(39,68)7-2)70-51(67)56(5)26-45(63)58-17-13-29(14-18-58)12-16-57-19-15-30-20-31(8-11-41(30)57)60-47(54-55-50(60)66)36-22-34(28(3)4)43(61)24-44(36)62/h8-11,15,19-24,28-29,61-62,68H,6-7,12-14,16-18,25-27H2,1-5H3,(H,55,66). The Morgan fingerprint density at radius 3 is 2.51 bits per heavy atom. The number of hydrogen-bond donors (Lipinski definition) is 4. The topological polar surface area (TPSA) is 227 Å². The van der Waals surface area contributed by atoms with E-state index in [1.54, 1.807) is 46.7 Å². The summed E-state index contributed by atoms with van der Waals surface area (Å²) in [6.07, 6.45) is 4.53. The predicted molar refractivity (Wildman–Crippen MR) is 259 cm³/mol. The summed E-state index contributed by atoms with van der Waals surface area (Å²) in [5, 5.41) is 40.8. The number of aromatic nitrogens is 6. The summed E-state index contributed by atoms with van der Waals surface area (Å²) in [5.41, 5.74) is 3.79. The zero-order valence-corrected chi connectivity index (χ0v) is 39.6. The number of carbonyl (C=O) groups excluding carboxylic acids is 3. The molecule has 0 spiro atoms. The lowest BCUT2D eigenvalue weighted by Gasteiger charge is -2.33. The number of aromatic amines is 1. The summed E-state index contributed by atoms with van der Waals surface area (Å²) in [7, 11) is 1.53. The number of ether oxygens (including phenoxy) is 2. The normalized spacial score (nSPS) is 16.7. The van der Waals surface area contributed by atoms with E-state index < -0.39 is 23.4 Å². The molecule has 3 aromatic carbocycles. The highest BCUT2D eigenvalue weighted by atomic mass is 16.6. The average Bonchev–Trinajstić information content (AvgIpc) is 4.05. The Balaban J connectivity index is 0.750. The molecule has 7 heterocycles. The zero-order valence-electron chi connectivity index (χ0n) is 39.6. The van der Waals surface area contributed by atoms with Crippen LogP contribution in [0.5, 0.6) is 17.2 Å². The van der Waals surface area contributed by atoms with Crippen molar-refractivity contribution in [2.24, 2.45) is 5.92 Å². The molecule has 70 heavy (non-hydrogen) atoms. The maximum atomic E-state index is 13.7. The molecular formula is C52H54N8O10. The fourth-order valence-corrected chi connectivity index (χ4v) is 10.4. The maximum Gasteiger partial charge on any atom is 0.415 e. The lowest BCUT2D eigenvalue weighted by molar-refractivity contribution is -0.172. The zero-order chi connectivity index (χ0) is 49.3. The number of carbonyl (C=O) groups is 3. The van der Waals surface area contributed by atoms with Gasteiger partial charge in [0.05, 0.1) is 40.3 Å². The van der Waals surface area contributed by atoms with Gasteiger partial charge in [-0.25, -0.2) is 29.0 Å². The fraction of sp³-hybridized carbons (Fsp3) is 0.365. The molecule has 2 amide bonds. The third kappa shape index (κ3) is 7.75. The first-order valence-electron chi connectivity index (χ1n) is 23.7. The van der Waals surface area contributed by atoms with Crippen LogP contribution < -0.4 is 16.0 Å². The number of piperidine rings is 1. The predicted octanol–water partition coefficient (Wildman–Crippen LogP) is 6.43. The van der Waals surface area contributed by atoms with Crippen LogP contribution in [0.3, 0.4) is 0 Å². The van der Waals surface area contributed by atoms with Crippen molar-refractivity contribution in [1.29, 1.82) is 0 Å². The first-order valence-corrected chi connectivity index (χ1v) is 23.7. The SMILES string of the molecule is CCc1c2c(nc3ccc(OC(=O)N(C)CC(=O)N4CCC(CCn5ccc6cc(-n7c(-c8cc(C(C)C)c(O)cc8O)n[nH]c7=O)ccc65)CC4)cc13)-c1cc3c(c(=O)n1C2)COC(=O)C3(O)CC. The minimum absolute atomic E-state index is 0.0256. The van der Waals surface area contributed by atoms with Gasteiger partial charge in [-0.15, -0.1) is 0 Å².